The number of nitrogens with zero attached hydrogens (tertiary/aromatic N) is 2. The second-order valence-corrected chi connectivity index (χ2v) is 5.84. The molecule has 0 spiro atoms. The summed E-state index contributed by atoms with van der Waals surface area (Å²) >= 11 is 0. The average molecular weight is 241 g/mol. The minimum atomic E-state index is 0.293. The standard InChI is InChI=1S/C14H31N3/c1-5-17(11-7-10-16(3)4)14(12-15)9-6-8-13(14)2/h13H,5-12,15H2,1-4H3. The fourth-order valence-corrected chi connectivity index (χ4v) is 3.41. The molecule has 2 atom stereocenters. The summed E-state index contributed by atoms with van der Waals surface area (Å²) in [6.45, 7) is 8.98. The first kappa shape index (κ1) is 14.9. The SMILES string of the molecule is CCN(CCCN(C)C)C1(CN)CCCC1C. The Labute approximate surface area is 107 Å². The third-order valence-electron chi connectivity index (χ3n) is 4.56. The number of likely N-dealkylation sites (N-methyl/N-ethyl adjacent to an activating group) is 1. The van der Waals surface area contributed by atoms with E-state index in [0.717, 1.165) is 19.0 Å². The highest BCUT2D eigenvalue weighted by molar-refractivity contribution is 4.99. The summed E-state index contributed by atoms with van der Waals surface area (Å²) in [6, 6.07) is 0. The van der Waals surface area contributed by atoms with Crippen molar-refractivity contribution in [3.05, 3.63) is 0 Å². The van der Waals surface area contributed by atoms with Gasteiger partial charge in [-0.2, -0.15) is 0 Å². The van der Waals surface area contributed by atoms with E-state index < -0.39 is 0 Å². The summed E-state index contributed by atoms with van der Waals surface area (Å²) in [6.07, 6.45) is 5.24. The smallest absolute Gasteiger partial charge is 0.0357 e. The van der Waals surface area contributed by atoms with Crippen LogP contribution in [-0.4, -0.2) is 55.6 Å². The molecule has 3 heteroatoms. The summed E-state index contributed by atoms with van der Waals surface area (Å²) < 4.78 is 0. The summed E-state index contributed by atoms with van der Waals surface area (Å²) in [5, 5.41) is 0. The van der Waals surface area contributed by atoms with Gasteiger partial charge in [-0.3, -0.25) is 4.90 Å². The van der Waals surface area contributed by atoms with Crippen molar-refractivity contribution in [2.75, 3.05) is 40.3 Å². The maximum absolute atomic E-state index is 6.12. The Kier molecular flexibility index (Phi) is 5.90. The van der Waals surface area contributed by atoms with Crippen molar-refractivity contribution >= 4 is 0 Å². The van der Waals surface area contributed by atoms with Gasteiger partial charge >= 0.3 is 0 Å². The van der Waals surface area contributed by atoms with Crippen molar-refractivity contribution in [2.45, 2.75) is 45.1 Å². The van der Waals surface area contributed by atoms with Gasteiger partial charge in [0.05, 0.1) is 0 Å². The van der Waals surface area contributed by atoms with Crippen molar-refractivity contribution in [1.82, 2.24) is 9.80 Å². The van der Waals surface area contributed by atoms with Gasteiger partial charge in [0.25, 0.3) is 0 Å². The normalized spacial score (nSPS) is 29.5. The number of nitrogens with two attached hydrogens (primary N) is 1. The van der Waals surface area contributed by atoms with Gasteiger partial charge in [-0.15, -0.1) is 0 Å². The van der Waals surface area contributed by atoms with Gasteiger partial charge in [-0.25, -0.2) is 0 Å². The Hall–Kier alpha value is -0.120. The van der Waals surface area contributed by atoms with E-state index >= 15 is 0 Å². The highest BCUT2D eigenvalue weighted by atomic mass is 15.2. The van der Waals surface area contributed by atoms with Gasteiger partial charge in [0.1, 0.15) is 0 Å². The lowest BCUT2D eigenvalue weighted by Crippen LogP contribution is -2.56. The number of rotatable bonds is 7. The molecule has 1 aliphatic rings. The molecule has 1 rings (SSSR count). The molecular formula is C14H31N3. The molecule has 3 nitrogen and oxygen atoms in total. The predicted octanol–water partition coefficient (Wildman–Crippen LogP) is 1.78. The molecule has 1 aliphatic carbocycles. The van der Waals surface area contributed by atoms with E-state index in [1.165, 1.54) is 38.8 Å². The van der Waals surface area contributed by atoms with Crippen LogP contribution < -0.4 is 5.73 Å². The van der Waals surface area contributed by atoms with Crippen LogP contribution in [0.5, 0.6) is 0 Å². The molecule has 0 aliphatic heterocycles. The number of hydrogen-bond acceptors (Lipinski definition) is 3. The Bertz CT molecular complexity index is 218. The first-order valence-electron chi connectivity index (χ1n) is 7.16. The Balaban J connectivity index is 2.57. The molecule has 0 bridgehead atoms. The zero-order valence-electron chi connectivity index (χ0n) is 12.2. The minimum Gasteiger partial charge on any atom is -0.329 e. The van der Waals surface area contributed by atoms with E-state index in [2.05, 4.69) is 37.7 Å². The summed E-state index contributed by atoms with van der Waals surface area (Å²) in [7, 11) is 4.29. The molecule has 2 unspecified atom stereocenters. The average Bonchev–Trinajstić information content (AvgIpc) is 2.67. The maximum Gasteiger partial charge on any atom is 0.0357 e. The van der Waals surface area contributed by atoms with Crippen molar-refractivity contribution in [1.29, 1.82) is 0 Å². The maximum atomic E-state index is 6.12. The first-order valence-corrected chi connectivity index (χ1v) is 7.16. The van der Waals surface area contributed by atoms with Gasteiger partial charge in [0.2, 0.25) is 0 Å². The molecule has 0 aromatic rings. The summed E-state index contributed by atoms with van der Waals surface area (Å²) in [4.78, 5) is 4.91. The van der Waals surface area contributed by atoms with Crippen LogP contribution in [0.3, 0.4) is 0 Å². The van der Waals surface area contributed by atoms with E-state index in [1.807, 2.05) is 0 Å². The first-order chi connectivity index (χ1) is 8.06. The van der Waals surface area contributed by atoms with Gasteiger partial charge < -0.3 is 10.6 Å². The molecule has 2 N–H and O–H groups in total. The van der Waals surface area contributed by atoms with Crippen molar-refractivity contribution in [3.8, 4) is 0 Å². The zero-order valence-corrected chi connectivity index (χ0v) is 12.2. The Morgan fingerprint density at radius 3 is 2.41 bits per heavy atom. The van der Waals surface area contributed by atoms with Crippen LogP contribution in [0.15, 0.2) is 0 Å². The largest absolute Gasteiger partial charge is 0.329 e. The summed E-state index contributed by atoms with van der Waals surface area (Å²) in [5.41, 5.74) is 6.41. The van der Waals surface area contributed by atoms with Crippen LogP contribution in [0.4, 0.5) is 0 Å². The molecule has 0 aromatic heterocycles. The molecule has 102 valence electrons. The molecule has 0 aromatic carbocycles. The summed E-state index contributed by atoms with van der Waals surface area (Å²) in [5.74, 6) is 0.756. The highest BCUT2D eigenvalue weighted by Gasteiger charge is 2.42. The van der Waals surface area contributed by atoms with E-state index in [9.17, 15) is 0 Å². The molecule has 1 fully saturated rings. The van der Waals surface area contributed by atoms with E-state index in [4.69, 9.17) is 5.73 Å². The predicted molar refractivity (Wildman–Crippen MR) is 75.2 cm³/mol. The molecule has 0 amide bonds. The lowest BCUT2D eigenvalue weighted by Gasteiger charge is -2.44. The van der Waals surface area contributed by atoms with Gasteiger partial charge in [-0.1, -0.05) is 20.3 Å². The van der Waals surface area contributed by atoms with Crippen LogP contribution in [0.2, 0.25) is 0 Å². The molecule has 1 saturated carbocycles. The fraction of sp³-hybridized carbons (Fsp3) is 1.00. The van der Waals surface area contributed by atoms with E-state index in [-0.39, 0.29) is 0 Å². The molecule has 17 heavy (non-hydrogen) atoms. The number of hydrogen-bond donors (Lipinski definition) is 1. The van der Waals surface area contributed by atoms with Crippen LogP contribution in [0.25, 0.3) is 0 Å². The lowest BCUT2D eigenvalue weighted by molar-refractivity contribution is 0.0658. The second-order valence-electron chi connectivity index (χ2n) is 5.84. The lowest BCUT2D eigenvalue weighted by atomic mass is 9.86. The topological polar surface area (TPSA) is 32.5 Å². The molecule has 0 radical (unpaired) electrons. The second kappa shape index (κ2) is 6.72. The third-order valence-corrected chi connectivity index (χ3v) is 4.56. The zero-order chi connectivity index (χ0) is 12.9. The quantitative estimate of drug-likeness (QED) is 0.737. The van der Waals surface area contributed by atoms with Crippen LogP contribution in [0.1, 0.15) is 39.5 Å². The van der Waals surface area contributed by atoms with Crippen molar-refractivity contribution in [3.63, 3.8) is 0 Å². The van der Waals surface area contributed by atoms with E-state index in [1.54, 1.807) is 0 Å². The Morgan fingerprint density at radius 2 is 2.00 bits per heavy atom. The fourth-order valence-electron chi connectivity index (χ4n) is 3.41. The highest BCUT2D eigenvalue weighted by Crippen LogP contribution is 2.39. The van der Waals surface area contributed by atoms with Gasteiger partial charge in [0.15, 0.2) is 0 Å². The molecular weight excluding hydrogens is 210 g/mol. The minimum absolute atomic E-state index is 0.293. The van der Waals surface area contributed by atoms with Gasteiger partial charge in [-0.05, 0) is 58.9 Å². The van der Waals surface area contributed by atoms with Crippen molar-refractivity contribution in [2.24, 2.45) is 11.7 Å². The molecule has 0 saturated heterocycles. The van der Waals surface area contributed by atoms with Crippen LogP contribution in [0, 0.1) is 5.92 Å². The van der Waals surface area contributed by atoms with Crippen molar-refractivity contribution < 1.29 is 0 Å². The van der Waals surface area contributed by atoms with Gasteiger partial charge in [0, 0.05) is 12.1 Å². The van der Waals surface area contributed by atoms with Crippen LogP contribution in [-0.2, 0) is 0 Å². The van der Waals surface area contributed by atoms with Crippen LogP contribution >= 0.6 is 0 Å². The Morgan fingerprint density at radius 1 is 1.29 bits per heavy atom. The molecule has 0 heterocycles. The van der Waals surface area contributed by atoms with E-state index in [0.29, 0.717) is 5.54 Å². The monoisotopic (exact) mass is 241 g/mol. The third kappa shape index (κ3) is 3.43.